The Morgan fingerprint density at radius 3 is 1.14 bits per heavy atom. The van der Waals surface area contributed by atoms with Gasteiger partial charge in [-0.05, 0) is 23.3 Å². The standard InChI is InChI=1S/C22H24N6/c1-27(2)11-9-21-23-13-19(14-24-21)17-5-7-18(8-6-17)20-15-25-22(26-16-20)10-12-28(3)4/h5-16H,1-4H3/b11-9+,12-10+. The predicted octanol–water partition coefficient (Wildman–Crippen LogP) is 3.67. The molecule has 0 aliphatic heterocycles. The minimum Gasteiger partial charge on any atom is -0.383 e. The summed E-state index contributed by atoms with van der Waals surface area (Å²) in [4.78, 5) is 21.5. The number of nitrogens with zero attached hydrogens (tertiary/aromatic N) is 6. The zero-order chi connectivity index (χ0) is 19.9. The van der Waals surface area contributed by atoms with Gasteiger partial charge < -0.3 is 9.80 Å². The molecule has 0 aliphatic carbocycles. The molecule has 0 saturated heterocycles. The first-order valence-electron chi connectivity index (χ1n) is 8.95. The molecule has 142 valence electrons. The zero-order valence-electron chi connectivity index (χ0n) is 16.6. The van der Waals surface area contributed by atoms with Crippen LogP contribution in [0.25, 0.3) is 34.4 Å². The average molecular weight is 372 g/mol. The Kier molecular flexibility index (Phi) is 6.11. The van der Waals surface area contributed by atoms with Gasteiger partial charge in [0.25, 0.3) is 0 Å². The van der Waals surface area contributed by atoms with Crippen LogP contribution >= 0.6 is 0 Å². The monoisotopic (exact) mass is 372 g/mol. The van der Waals surface area contributed by atoms with Crippen LogP contribution in [0.5, 0.6) is 0 Å². The third-order valence-corrected chi connectivity index (χ3v) is 3.94. The lowest BCUT2D eigenvalue weighted by Gasteiger charge is -2.06. The van der Waals surface area contributed by atoms with Gasteiger partial charge in [-0.2, -0.15) is 0 Å². The number of rotatable bonds is 6. The van der Waals surface area contributed by atoms with E-state index in [0.717, 1.165) is 22.3 Å². The Balaban J connectivity index is 1.73. The van der Waals surface area contributed by atoms with Crippen LogP contribution < -0.4 is 0 Å². The lowest BCUT2D eigenvalue weighted by atomic mass is 10.0. The molecule has 0 amide bonds. The molecule has 6 nitrogen and oxygen atoms in total. The van der Waals surface area contributed by atoms with Gasteiger partial charge in [-0.1, -0.05) is 24.3 Å². The molecule has 28 heavy (non-hydrogen) atoms. The third-order valence-electron chi connectivity index (χ3n) is 3.94. The Labute approximate surface area is 165 Å². The Bertz CT molecular complexity index is 859. The molecule has 0 saturated carbocycles. The zero-order valence-corrected chi connectivity index (χ0v) is 16.6. The van der Waals surface area contributed by atoms with E-state index in [1.165, 1.54) is 0 Å². The Morgan fingerprint density at radius 2 is 0.857 bits per heavy atom. The van der Waals surface area contributed by atoms with Gasteiger partial charge in [-0.15, -0.1) is 0 Å². The van der Waals surface area contributed by atoms with Gasteiger partial charge in [0, 0.05) is 76.5 Å². The molecule has 2 aromatic heterocycles. The average Bonchev–Trinajstić information content (AvgIpc) is 2.72. The molecule has 6 heteroatoms. The van der Waals surface area contributed by atoms with Gasteiger partial charge >= 0.3 is 0 Å². The van der Waals surface area contributed by atoms with E-state index >= 15 is 0 Å². The van der Waals surface area contributed by atoms with E-state index in [1.807, 2.05) is 87.3 Å². The van der Waals surface area contributed by atoms with Crippen molar-refractivity contribution in [2.45, 2.75) is 0 Å². The highest BCUT2D eigenvalue weighted by Gasteiger charge is 2.03. The van der Waals surface area contributed by atoms with Crippen LogP contribution in [-0.2, 0) is 0 Å². The van der Waals surface area contributed by atoms with Crippen molar-refractivity contribution in [2.75, 3.05) is 28.2 Å². The second-order valence-corrected chi connectivity index (χ2v) is 6.80. The topological polar surface area (TPSA) is 58.0 Å². The lowest BCUT2D eigenvalue weighted by molar-refractivity contribution is 0.567. The van der Waals surface area contributed by atoms with E-state index in [9.17, 15) is 0 Å². The molecular formula is C22H24N6. The fraction of sp³-hybridized carbons (Fsp3) is 0.182. The van der Waals surface area contributed by atoms with E-state index in [0.29, 0.717) is 11.6 Å². The smallest absolute Gasteiger partial charge is 0.153 e. The van der Waals surface area contributed by atoms with Crippen molar-refractivity contribution in [3.8, 4) is 22.3 Å². The molecule has 0 N–H and O–H groups in total. The summed E-state index contributed by atoms with van der Waals surface area (Å²) in [5, 5.41) is 0. The van der Waals surface area contributed by atoms with Crippen molar-refractivity contribution in [1.29, 1.82) is 0 Å². The molecule has 1 aromatic carbocycles. The van der Waals surface area contributed by atoms with Gasteiger partial charge in [0.05, 0.1) is 0 Å². The maximum atomic E-state index is 4.39. The first-order chi connectivity index (χ1) is 13.5. The molecule has 0 aliphatic rings. The van der Waals surface area contributed by atoms with Crippen molar-refractivity contribution in [3.05, 3.63) is 73.1 Å². The fourth-order valence-electron chi connectivity index (χ4n) is 2.43. The van der Waals surface area contributed by atoms with Gasteiger partial charge in [0.2, 0.25) is 0 Å². The maximum absolute atomic E-state index is 4.39. The number of hydrogen-bond acceptors (Lipinski definition) is 6. The Hall–Kier alpha value is -3.54. The van der Waals surface area contributed by atoms with Crippen molar-refractivity contribution >= 4 is 12.2 Å². The maximum Gasteiger partial charge on any atom is 0.153 e. The normalized spacial score (nSPS) is 11.3. The van der Waals surface area contributed by atoms with E-state index in [1.54, 1.807) is 0 Å². The molecular weight excluding hydrogens is 348 g/mol. The van der Waals surface area contributed by atoms with E-state index < -0.39 is 0 Å². The molecule has 3 rings (SSSR count). The van der Waals surface area contributed by atoms with Crippen LogP contribution in [0.4, 0.5) is 0 Å². The molecule has 0 fully saturated rings. The SMILES string of the molecule is CN(C)/C=C/c1ncc(-c2ccc(-c3cnc(/C=C/N(C)C)nc3)cc2)cn1. The Morgan fingerprint density at radius 1 is 0.536 bits per heavy atom. The highest BCUT2D eigenvalue weighted by Crippen LogP contribution is 2.23. The van der Waals surface area contributed by atoms with Crippen LogP contribution in [0.3, 0.4) is 0 Å². The summed E-state index contributed by atoms with van der Waals surface area (Å²) >= 11 is 0. The van der Waals surface area contributed by atoms with Crippen LogP contribution in [-0.4, -0.2) is 57.9 Å². The van der Waals surface area contributed by atoms with E-state index in [-0.39, 0.29) is 0 Å². The summed E-state index contributed by atoms with van der Waals surface area (Å²) in [5.74, 6) is 1.38. The van der Waals surface area contributed by atoms with Crippen molar-refractivity contribution in [3.63, 3.8) is 0 Å². The first-order valence-corrected chi connectivity index (χ1v) is 8.95. The second-order valence-electron chi connectivity index (χ2n) is 6.80. The van der Waals surface area contributed by atoms with Gasteiger partial charge in [-0.25, -0.2) is 19.9 Å². The van der Waals surface area contributed by atoms with Crippen molar-refractivity contribution in [2.24, 2.45) is 0 Å². The minimum absolute atomic E-state index is 0.689. The number of hydrogen-bond donors (Lipinski definition) is 0. The summed E-state index contributed by atoms with van der Waals surface area (Å²) in [6.07, 6.45) is 15.0. The number of aromatic nitrogens is 4. The highest BCUT2D eigenvalue weighted by atomic mass is 15.0. The summed E-state index contributed by atoms with van der Waals surface area (Å²) in [7, 11) is 7.86. The van der Waals surface area contributed by atoms with Gasteiger partial charge in [-0.3, -0.25) is 0 Å². The summed E-state index contributed by atoms with van der Waals surface area (Å²) in [6.45, 7) is 0. The molecule has 2 heterocycles. The largest absolute Gasteiger partial charge is 0.383 e. The molecule has 0 radical (unpaired) electrons. The molecule has 0 bridgehead atoms. The summed E-state index contributed by atoms with van der Waals surface area (Å²) in [6, 6.07) is 8.23. The second kappa shape index (κ2) is 8.90. The quantitative estimate of drug-likeness (QED) is 0.658. The van der Waals surface area contributed by atoms with Gasteiger partial charge in [0.15, 0.2) is 11.6 Å². The molecule has 0 unspecified atom stereocenters. The number of benzene rings is 1. The minimum atomic E-state index is 0.689. The van der Waals surface area contributed by atoms with Crippen LogP contribution in [0.15, 0.2) is 61.5 Å². The van der Waals surface area contributed by atoms with Gasteiger partial charge in [0.1, 0.15) is 0 Å². The van der Waals surface area contributed by atoms with Crippen LogP contribution in [0, 0.1) is 0 Å². The fourth-order valence-corrected chi connectivity index (χ4v) is 2.43. The van der Waals surface area contributed by atoms with Crippen LogP contribution in [0.2, 0.25) is 0 Å². The van der Waals surface area contributed by atoms with Crippen LogP contribution in [0.1, 0.15) is 11.6 Å². The highest BCUT2D eigenvalue weighted by molar-refractivity contribution is 5.69. The van der Waals surface area contributed by atoms with E-state index in [2.05, 4.69) is 44.2 Å². The summed E-state index contributed by atoms with van der Waals surface area (Å²) in [5.41, 5.74) is 4.10. The summed E-state index contributed by atoms with van der Waals surface area (Å²) < 4.78 is 0. The van der Waals surface area contributed by atoms with Crippen molar-refractivity contribution < 1.29 is 0 Å². The lowest BCUT2D eigenvalue weighted by Crippen LogP contribution is -2.00. The molecule has 0 spiro atoms. The van der Waals surface area contributed by atoms with E-state index in [4.69, 9.17) is 0 Å². The molecule has 0 atom stereocenters. The first kappa shape index (κ1) is 19.2. The molecule has 3 aromatic rings. The van der Waals surface area contributed by atoms with Crippen molar-refractivity contribution in [1.82, 2.24) is 29.7 Å². The predicted molar refractivity (Wildman–Crippen MR) is 114 cm³/mol. The third kappa shape index (κ3) is 5.23.